The summed E-state index contributed by atoms with van der Waals surface area (Å²) in [6.45, 7) is 0. The van der Waals surface area contributed by atoms with E-state index in [-0.39, 0.29) is 0 Å². The van der Waals surface area contributed by atoms with Crippen LogP contribution in [-0.4, -0.2) is 19.1 Å². The number of para-hydroxylation sites is 2. The van der Waals surface area contributed by atoms with Crippen LogP contribution in [0.4, 0.5) is 0 Å². The molecule has 282 valence electrons. The summed E-state index contributed by atoms with van der Waals surface area (Å²) in [5, 5.41) is 13.1. The Morgan fingerprint density at radius 1 is 0.377 bits per heavy atom. The summed E-state index contributed by atoms with van der Waals surface area (Å²) >= 11 is 0. The summed E-state index contributed by atoms with van der Waals surface area (Å²) in [5.74, 6) is 2.22. The Morgan fingerprint density at radius 2 is 1.00 bits per heavy atom. The van der Waals surface area contributed by atoms with Gasteiger partial charge in [-0.3, -0.25) is 4.57 Å². The maximum absolute atomic E-state index is 6.35. The quantitative estimate of drug-likeness (QED) is 0.168. The normalized spacial score (nSPS) is 12.4. The second-order valence-electron chi connectivity index (χ2n) is 16.1. The van der Waals surface area contributed by atoms with E-state index < -0.39 is 0 Å². The molecule has 0 N–H and O–H groups in total. The largest absolute Gasteiger partial charge is 0.456 e. The second kappa shape index (κ2) is 12.1. The third kappa shape index (κ3) is 4.60. The summed E-state index contributed by atoms with van der Waals surface area (Å²) < 4.78 is 11.0. The number of rotatable bonds is 3. The Hall–Kier alpha value is -8.28. The zero-order valence-electron chi connectivity index (χ0n) is 32.7. The summed E-state index contributed by atoms with van der Waals surface area (Å²) in [7, 11) is 0. The standard InChI is InChI=1S/C56H32N4O/c1-3-12-39-33(10-1)20-21-37-30-38(25-27-40(37)39)59-48-17-7-5-14-42(48)45-31-35(23-28-49(45)59)36-24-29-50-46(32-36)43-26-22-34-11-2-4-13-41(34)55(43)60(50)56-57-47-16-9-19-52-53(47)54(58-56)44-15-6-8-18-51(44)61-52/h1-32H. The van der Waals surface area contributed by atoms with E-state index in [1.807, 2.05) is 30.3 Å². The van der Waals surface area contributed by atoms with Crippen LogP contribution in [0.5, 0.6) is 11.5 Å². The molecule has 0 saturated heterocycles. The third-order valence-corrected chi connectivity index (χ3v) is 12.9. The zero-order chi connectivity index (χ0) is 39.8. The highest BCUT2D eigenvalue weighted by Gasteiger charge is 2.25. The summed E-state index contributed by atoms with van der Waals surface area (Å²) in [6, 6.07) is 69.8. The molecule has 1 aliphatic rings. The average molecular weight is 777 g/mol. The number of ether oxygens (including phenoxy) is 1. The first-order chi connectivity index (χ1) is 30.2. The smallest absolute Gasteiger partial charge is 0.235 e. The van der Waals surface area contributed by atoms with Gasteiger partial charge in [-0.05, 0) is 105 Å². The number of hydrogen-bond acceptors (Lipinski definition) is 3. The first-order valence-electron chi connectivity index (χ1n) is 20.7. The van der Waals surface area contributed by atoms with Crippen LogP contribution >= 0.6 is 0 Å². The fraction of sp³-hybridized carbons (Fsp3) is 0. The molecule has 61 heavy (non-hydrogen) atoms. The van der Waals surface area contributed by atoms with E-state index in [2.05, 4.69) is 173 Å². The van der Waals surface area contributed by atoms with Crippen LogP contribution in [0.3, 0.4) is 0 Å². The van der Waals surface area contributed by atoms with Gasteiger partial charge >= 0.3 is 0 Å². The molecule has 0 atom stereocenters. The van der Waals surface area contributed by atoms with Crippen LogP contribution in [0.25, 0.3) is 121 Å². The number of benzene rings is 10. The van der Waals surface area contributed by atoms with Crippen molar-refractivity contribution in [2.75, 3.05) is 0 Å². The van der Waals surface area contributed by atoms with Crippen LogP contribution in [0.1, 0.15) is 0 Å². The van der Waals surface area contributed by atoms with Crippen molar-refractivity contribution in [3.8, 4) is 45.5 Å². The van der Waals surface area contributed by atoms with Crippen molar-refractivity contribution in [3.63, 3.8) is 0 Å². The summed E-state index contributed by atoms with van der Waals surface area (Å²) in [5.41, 5.74) is 10.7. The second-order valence-corrected chi connectivity index (χ2v) is 16.1. The predicted molar refractivity (Wildman–Crippen MR) is 252 cm³/mol. The minimum Gasteiger partial charge on any atom is -0.456 e. The molecular formula is C56H32N4O. The molecule has 1 aliphatic heterocycles. The Kier molecular flexibility index (Phi) is 6.49. The lowest BCUT2D eigenvalue weighted by atomic mass is 10.00. The van der Waals surface area contributed by atoms with Gasteiger partial charge in [-0.25, -0.2) is 9.97 Å². The maximum atomic E-state index is 6.35. The summed E-state index contributed by atoms with van der Waals surface area (Å²) in [4.78, 5) is 10.7. The first-order valence-corrected chi connectivity index (χ1v) is 20.7. The van der Waals surface area contributed by atoms with Gasteiger partial charge in [-0.1, -0.05) is 127 Å². The van der Waals surface area contributed by atoms with E-state index in [9.17, 15) is 0 Å². The molecule has 13 aromatic rings. The van der Waals surface area contributed by atoms with Gasteiger partial charge in [-0.15, -0.1) is 0 Å². The van der Waals surface area contributed by atoms with Crippen molar-refractivity contribution < 1.29 is 4.74 Å². The van der Waals surface area contributed by atoms with E-state index in [1.165, 1.54) is 54.3 Å². The number of aromatic nitrogens is 4. The molecule has 14 rings (SSSR count). The van der Waals surface area contributed by atoms with E-state index in [1.54, 1.807) is 0 Å². The Bertz CT molecular complexity index is 4040. The molecule has 0 spiro atoms. The summed E-state index contributed by atoms with van der Waals surface area (Å²) in [6.07, 6.45) is 0. The Labute approximate surface area is 348 Å². The minimum atomic E-state index is 0.636. The van der Waals surface area contributed by atoms with Gasteiger partial charge in [0.1, 0.15) is 11.5 Å². The van der Waals surface area contributed by atoms with E-state index in [0.717, 1.165) is 72.1 Å². The van der Waals surface area contributed by atoms with E-state index in [4.69, 9.17) is 14.7 Å². The first kappa shape index (κ1) is 32.7. The highest BCUT2D eigenvalue weighted by atomic mass is 16.5. The molecule has 0 bridgehead atoms. The molecule has 5 nitrogen and oxygen atoms in total. The van der Waals surface area contributed by atoms with Gasteiger partial charge in [0.15, 0.2) is 0 Å². The van der Waals surface area contributed by atoms with Crippen molar-refractivity contribution >= 4 is 86.8 Å². The Balaban J connectivity index is 0.976. The lowest BCUT2D eigenvalue weighted by Gasteiger charge is -2.21. The molecule has 5 heteroatoms. The predicted octanol–water partition coefficient (Wildman–Crippen LogP) is 14.7. The van der Waals surface area contributed by atoms with Gasteiger partial charge < -0.3 is 9.30 Å². The number of nitrogens with zero attached hydrogens (tertiary/aromatic N) is 4. The van der Waals surface area contributed by atoms with Crippen LogP contribution in [0.2, 0.25) is 0 Å². The number of fused-ring (bicyclic) bond motifs is 13. The molecule has 0 saturated carbocycles. The van der Waals surface area contributed by atoms with Crippen LogP contribution in [0, 0.1) is 0 Å². The molecule has 0 fully saturated rings. The average Bonchev–Trinajstić information content (AvgIpc) is 3.84. The van der Waals surface area contributed by atoms with Crippen LogP contribution < -0.4 is 4.74 Å². The van der Waals surface area contributed by atoms with Gasteiger partial charge in [0.25, 0.3) is 0 Å². The molecule has 0 amide bonds. The van der Waals surface area contributed by atoms with E-state index >= 15 is 0 Å². The van der Waals surface area contributed by atoms with Gasteiger partial charge in [-0.2, -0.15) is 0 Å². The highest BCUT2D eigenvalue weighted by Crippen LogP contribution is 2.46. The third-order valence-electron chi connectivity index (χ3n) is 12.9. The van der Waals surface area contributed by atoms with Gasteiger partial charge in [0.05, 0.1) is 38.7 Å². The van der Waals surface area contributed by atoms with E-state index in [0.29, 0.717) is 5.95 Å². The van der Waals surface area contributed by atoms with Crippen molar-refractivity contribution in [3.05, 3.63) is 194 Å². The monoisotopic (exact) mass is 776 g/mol. The zero-order valence-corrected chi connectivity index (χ0v) is 32.7. The van der Waals surface area contributed by atoms with Crippen LogP contribution in [0.15, 0.2) is 194 Å². The molecule has 4 heterocycles. The molecule has 0 unspecified atom stereocenters. The van der Waals surface area contributed by atoms with Crippen molar-refractivity contribution in [1.29, 1.82) is 0 Å². The van der Waals surface area contributed by atoms with Gasteiger partial charge in [0, 0.05) is 38.2 Å². The van der Waals surface area contributed by atoms with Crippen molar-refractivity contribution in [1.82, 2.24) is 19.1 Å². The SMILES string of the molecule is c1ccc2c(c1)Oc1cccc3nc(-n4c5ccc(-c6ccc7c(c6)c6ccccc6n7-c6ccc7c(ccc8ccccc87)c6)cc5c5ccc6ccccc6c54)nc-2c13. The topological polar surface area (TPSA) is 44.9 Å². The molecular weight excluding hydrogens is 745 g/mol. The van der Waals surface area contributed by atoms with Crippen LogP contribution in [-0.2, 0) is 0 Å². The minimum absolute atomic E-state index is 0.636. The molecule has 3 aromatic heterocycles. The molecule has 0 radical (unpaired) electrons. The maximum Gasteiger partial charge on any atom is 0.235 e. The highest BCUT2D eigenvalue weighted by molar-refractivity contribution is 6.19. The Morgan fingerprint density at radius 3 is 1.87 bits per heavy atom. The fourth-order valence-electron chi connectivity index (χ4n) is 10.1. The molecule has 0 aliphatic carbocycles. The number of hydrogen-bond donors (Lipinski definition) is 0. The lowest BCUT2D eigenvalue weighted by Crippen LogP contribution is -2.06. The fourth-order valence-corrected chi connectivity index (χ4v) is 10.1. The van der Waals surface area contributed by atoms with Crippen molar-refractivity contribution in [2.24, 2.45) is 0 Å². The lowest BCUT2D eigenvalue weighted by molar-refractivity contribution is 0.486. The van der Waals surface area contributed by atoms with Crippen molar-refractivity contribution in [2.45, 2.75) is 0 Å². The molecule has 10 aromatic carbocycles. The van der Waals surface area contributed by atoms with Gasteiger partial charge in [0.2, 0.25) is 5.95 Å².